The standard InChI is InChI=1S/C13H19N3O/c14-6-4-12-8-11(5-7-15-12)13(17)16-9-10-2-1-3-10/h5,7-8,10H,1-4,6,9,14H2,(H,16,17). The van der Waals surface area contributed by atoms with Crippen molar-refractivity contribution in [1.82, 2.24) is 10.3 Å². The van der Waals surface area contributed by atoms with Crippen LogP contribution in [-0.2, 0) is 6.42 Å². The number of pyridine rings is 1. The molecule has 0 aromatic carbocycles. The molecular formula is C13H19N3O. The van der Waals surface area contributed by atoms with Crippen molar-refractivity contribution in [3.8, 4) is 0 Å². The Bertz CT molecular complexity index is 388. The van der Waals surface area contributed by atoms with Crippen molar-refractivity contribution in [2.24, 2.45) is 11.7 Å². The number of rotatable bonds is 5. The smallest absolute Gasteiger partial charge is 0.251 e. The molecule has 0 radical (unpaired) electrons. The van der Waals surface area contributed by atoms with Crippen LogP contribution in [0.2, 0.25) is 0 Å². The van der Waals surface area contributed by atoms with E-state index in [-0.39, 0.29) is 5.91 Å². The minimum Gasteiger partial charge on any atom is -0.352 e. The van der Waals surface area contributed by atoms with E-state index < -0.39 is 0 Å². The molecular weight excluding hydrogens is 214 g/mol. The Morgan fingerprint density at radius 1 is 1.53 bits per heavy atom. The molecule has 1 amide bonds. The molecule has 4 nitrogen and oxygen atoms in total. The van der Waals surface area contributed by atoms with Crippen LogP contribution < -0.4 is 11.1 Å². The molecule has 1 aliphatic rings. The molecule has 1 aromatic heterocycles. The summed E-state index contributed by atoms with van der Waals surface area (Å²) in [6.45, 7) is 1.35. The van der Waals surface area contributed by atoms with Crippen LogP contribution in [0.3, 0.4) is 0 Å². The second-order valence-corrected chi connectivity index (χ2v) is 4.58. The summed E-state index contributed by atoms with van der Waals surface area (Å²) in [7, 11) is 0. The van der Waals surface area contributed by atoms with E-state index in [4.69, 9.17) is 5.73 Å². The number of carbonyl (C=O) groups excluding carboxylic acids is 1. The normalized spacial score (nSPS) is 15.4. The van der Waals surface area contributed by atoms with Gasteiger partial charge >= 0.3 is 0 Å². The average molecular weight is 233 g/mol. The van der Waals surface area contributed by atoms with Gasteiger partial charge in [-0.05, 0) is 37.4 Å². The largest absolute Gasteiger partial charge is 0.352 e. The van der Waals surface area contributed by atoms with Crippen LogP contribution in [-0.4, -0.2) is 24.0 Å². The Hall–Kier alpha value is -1.42. The Morgan fingerprint density at radius 2 is 2.35 bits per heavy atom. The fourth-order valence-corrected chi connectivity index (χ4v) is 1.94. The van der Waals surface area contributed by atoms with E-state index in [0.29, 0.717) is 24.4 Å². The van der Waals surface area contributed by atoms with Crippen LogP contribution in [0.4, 0.5) is 0 Å². The molecule has 0 unspecified atom stereocenters. The second kappa shape index (κ2) is 5.77. The monoisotopic (exact) mass is 233 g/mol. The van der Waals surface area contributed by atoms with E-state index in [1.165, 1.54) is 19.3 Å². The lowest BCUT2D eigenvalue weighted by molar-refractivity contribution is 0.0939. The van der Waals surface area contributed by atoms with E-state index in [1.807, 2.05) is 6.07 Å². The number of hydrogen-bond acceptors (Lipinski definition) is 3. The topological polar surface area (TPSA) is 68.0 Å². The quantitative estimate of drug-likeness (QED) is 0.800. The fraction of sp³-hybridized carbons (Fsp3) is 0.538. The Balaban J connectivity index is 1.90. The maximum absolute atomic E-state index is 11.9. The molecule has 1 saturated carbocycles. The minimum atomic E-state index is -0.00225. The first-order valence-corrected chi connectivity index (χ1v) is 6.23. The summed E-state index contributed by atoms with van der Waals surface area (Å²) in [5.41, 5.74) is 7.03. The molecule has 1 fully saturated rings. The van der Waals surface area contributed by atoms with Gasteiger partial charge in [0.15, 0.2) is 0 Å². The van der Waals surface area contributed by atoms with E-state index in [9.17, 15) is 4.79 Å². The summed E-state index contributed by atoms with van der Waals surface area (Å²) in [5, 5.41) is 2.97. The van der Waals surface area contributed by atoms with Gasteiger partial charge in [-0.3, -0.25) is 9.78 Å². The van der Waals surface area contributed by atoms with Crippen molar-refractivity contribution >= 4 is 5.91 Å². The Kier molecular flexibility index (Phi) is 4.09. The average Bonchev–Trinajstić information content (AvgIpc) is 2.27. The highest BCUT2D eigenvalue weighted by Gasteiger charge is 2.18. The van der Waals surface area contributed by atoms with Gasteiger partial charge in [-0.2, -0.15) is 0 Å². The minimum absolute atomic E-state index is 0.00225. The zero-order chi connectivity index (χ0) is 12.1. The number of amides is 1. The van der Waals surface area contributed by atoms with Crippen LogP contribution in [0.1, 0.15) is 35.3 Å². The van der Waals surface area contributed by atoms with Gasteiger partial charge in [0, 0.05) is 30.4 Å². The summed E-state index contributed by atoms with van der Waals surface area (Å²) < 4.78 is 0. The van der Waals surface area contributed by atoms with Crippen molar-refractivity contribution in [1.29, 1.82) is 0 Å². The molecule has 0 aliphatic heterocycles. The van der Waals surface area contributed by atoms with E-state index in [0.717, 1.165) is 12.2 Å². The fourth-order valence-electron chi connectivity index (χ4n) is 1.94. The van der Waals surface area contributed by atoms with Crippen LogP contribution in [0.25, 0.3) is 0 Å². The van der Waals surface area contributed by atoms with Crippen molar-refractivity contribution in [3.05, 3.63) is 29.6 Å². The van der Waals surface area contributed by atoms with Gasteiger partial charge in [0.2, 0.25) is 0 Å². The van der Waals surface area contributed by atoms with Crippen LogP contribution in [0, 0.1) is 5.92 Å². The van der Waals surface area contributed by atoms with Crippen LogP contribution in [0.15, 0.2) is 18.3 Å². The molecule has 1 heterocycles. The molecule has 0 bridgehead atoms. The summed E-state index contributed by atoms with van der Waals surface area (Å²) in [5.74, 6) is 0.682. The van der Waals surface area contributed by atoms with Crippen molar-refractivity contribution < 1.29 is 4.79 Å². The van der Waals surface area contributed by atoms with Gasteiger partial charge in [0.1, 0.15) is 0 Å². The van der Waals surface area contributed by atoms with Crippen molar-refractivity contribution in [3.63, 3.8) is 0 Å². The summed E-state index contributed by atoms with van der Waals surface area (Å²) in [4.78, 5) is 16.0. The second-order valence-electron chi connectivity index (χ2n) is 4.58. The molecule has 0 saturated heterocycles. The lowest BCUT2D eigenvalue weighted by Crippen LogP contribution is -2.32. The van der Waals surface area contributed by atoms with Gasteiger partial charge in [-0.25, -0.2) is 0 Å². The summed E-state index contributed by atoms with van der Waals surface area (Å²) in [6, 6.07) is 3.57. The maximum Gasteiger partial charge on any atom is 0.251 e. The highest BCUT2D eigenvalue weighted by molar-refractivity contribution is 5.94. The molecule has 1 aliphatic carbocycles. The number of aromatic nitrogens is 1. The van der Waals surface area contributed by atoms with Gasteiger partial charge in [0.25, 0.3) is 5.91 Å². The molecule has 17 heavy (non-hydrogen) atoms. The molecule has 1 aromatic rings. The number of hydrogen-bond donors (Lipinski definition) is 2. The first-order chi connectivity index (χ1) is 8.29. The predicted molar refractivity (Wildman–Crippen MR) is 66.7 cm³/mol. The molecule has 0 atom stereocenters. The number of carbonyl (C=O) groups is 1. The summed E-state index contributed by atoms with van der Waals surface area (Å²) in [6.07, 6.45) is 6.17. The third-order valence-electron chi connectivity index (χ3n) is 3.26. The zero-order valence-electron chi connectivity index (χ0n) is 9.98. The summed E-state index contributed by atoms with van der Waals surface area (Å²) >= 11 is 0. The zero-order valence-corrected chi connectivity index (χ0v) is 9.98. The molecule has 2 rings (SSSR count). The number of nitrogens with zero attached hydrogens (tertiary/aromatic N) is 1. The Morgan fingerprint density at radius 3 is 3.00 bits per heavy atom. The van der Waals surface area contributed by atoms with Crippen molar-refractivity contribution in [2.45, 2.75) is 25.7 Å². The van der Waals surface area contributed by atoms with E-state index >= 15 is 0 Å². The van der Waals surface area contributed by atoms with Gasteiger partial charge in [-0.1, -0.05) is 6.42 Å². The molecule has 3 N–H and O–H groups in total. The highest BCUT2D eigenvalue weighted by Crippen LogP contribution is 2.25. The molecule has 0 spiro atoms. The van der Waals surface area contributed by atoms with Crippen molar-refractivity contribution in [2.75, 3.05) is 13.1 Å². The third kappa shape index (κ3) is 3.27. The lowest BCUT2D eigenvalue weighted by Gasteiger charge is -2.25. The first-order valence-electron chi connectivity index (χ1n) is 6.23. The molecule has 4 heteroatoms. The molecule has 92 valence electrons. The highest BCUT2D eigenvalue weighted by atomic mass is 16.1. The van der Waals surface area contributed by atoms with Crippen LogP contribution in [0.5, 0.6) is 0 Å². The van der Waals surface area contributed by atoms with Crippen LogP contribution >= 0.6 is 0 Å². The third-order valence-corrected chi connectivity index (χ3v) is 3.26. The first kappa shape index (κ1) is 12.0. The van der Waals surface area contributed by atoms with Gasteiger partial charge < -0.3 is 11.1 Å². The van der Waals surface area contributed by atoms with E-state index in [2.05, 4.69) is 10.3 Å². The number of nitrogens with two attached hydrogens (primary N) is 1. The number of nitrogens with one attached hydrogen (secondary N) is 1. The van der Waals surface area contributed by atoms with Gasteiger partial charge in [0.05, 0.1) is 0 Å². The Labute approximate surface area is 102 Å². The predicted octanol–water partition coefficient (Wildman–Crippen LogP) is 1.11. The van der Waals surface area contributed by atoms with E-state index in [1.54, 1.807) is 12.3 Å². The van der Waals surface area contributed by atoms with Gasteiger partial charge in [-0.15, -0.1) is 0 Å². The lowest BCUT2D eigenvalue weighted by atomic mass is 9.85. The SMILES string of the molecule is NCCc1cc(C(=O)NCC2CCC2)ccn1. The maximum atomic E-state index is 11.9.